The van der Waals surface area contributed by atoms with E-state index in [1.165, 1.54) is 0 Å². The molecule has 1 unspecified atom stereocenters. The van der Waals surface area contributed by atoms with Gasteiger partial charge in [0.05, 0.1) is 12.6 Å². The standard InChI is InChI=1S/C8H8ClNO3S/c9-7-3-1-6(2-4-7)8-5-13-14(11,12)10-8/h1-4,8,10H,5H2. The summed E-state index contributed by atoms with van der Waals surface area (Å²) < 4.78 is 28.8. The summed E-state index contributed by atoms with van der Waals surface area (Å²) in [4.78, 5) is 0. The SMILES string of the molecule is O=S1(=O)NC(c2ccc(Cl)cc2)CO1. The van der Waals surface area contributed by atoms with Crippen molar-refractivity contribution in [2.24, 2.45) is 0 Å². The van der Waals surface area contributed by atoms with Gasteiger partial charge in [0.15, 0.2) is 0 Å². The summed E-state index contributed by atoms with van der Waals surface area (Å²) in [7, 11) is -3.54. The number of rotatable bonds is 1. The molecule has 1 fully saturated rings. The van der Waals surface area contributed by atoms with Gasteiger partial charge in [0.25, 0.3) is 0 Å². The van der Waals surface area contributed by atoms with Crippen LogP contribution in [0.1, 0.15) is 11.6 Å². The molecule has 4 nitrogen and oxygen atoms in total. The van der Waals surface area contributed by atoms with E-state index in [2.05, 4.69) is 8.91 Å². The molecule has 0 saturated carbocycles. The van der Waals surface area contributed by atoms with Gasteiger partial charge in [-0.2, -0.15) is 13.1 Å². The lowest BCUT2D eigenvalue weighted by Crippen LogP contribution is -2.19. The monoisotopic (exact) mass is 233 g/mol. The van der Waals surface area contributed by atoms with Gasteiger partial charge in [0.1, 0.15) is 0 Å². The highest BCUT2D eigenvalue weighted by atomic mass is 35.5. The lowest BCUT2D eigenvalue weighted by molar-refractivity contribution is 0.338. The van der Waals surface area contributed by atoms with Crippen molar-refractivity contribution in [1.29, 1.82) is 0 Å². The largest absolute Gasteiger partial charge is 0.336 e. The van der Waals surface area contributed by atoms with Crippen LogP contribution in [0.2, 0.25) is 5.02 Å². The van der Waals surface area contributed by atoms with E-state index in [9.17, 15) is 8.42 Å². The zero-order valence-corrected chi connectivity index (χ0v) is 8.68. The quantitative estimate of drug-likeness (QED) is 0.794. The summed E-state index contributed by atoms with van der Waals surface area (Å²) in [5, 5.41) is 0.621. The molecule has 1 saturated heterocycles. The third kappa shape index (κ3) is 2.06. The van der Waals surface area contributed by atoms with Gasteiger partial charge in [0.2, 0.25) is 0 Å². The molecule has 0 spiro atoms. The van der Waals surface area contributed by atoms with Crippen molar-refractivity contribution in [3.63, 3.8) is 0 Å². The van der Waals surface area contributed by atoms with Crippen molar-refractivity contribution in [3.8, 4) is 0 Å². The Kier molecular flexibility index (Phi) is 2.48. The Morgan fingerprint density at radius 3 is 2.50 bits per heavy atom. The molecule has 76 valence electrons. The molecule has 6 heteroatoms. The smallest absolute Gasteiger partial charge is 0.256 e. The fourth-order valence-electron chi connectivity index (χ4n) is 1.26. The first kappa shape index (κ1) is 9.92. The molecule has 1 N–H and O–H groups in total. The van der Waals surface area contributed by atoms with Crippen LogP contribution in [0.3, 0.4) is 0 Å². The van der Waals surface area contributed by atoms with Gasteiger partial charge >= 0.3 is 10.3 Å². The van der Waals surface area contributed by atoms with Crippen LogP contribution in [0.4, 0.5) is 0 Å². The fraction of sp³-hybridized carbons (Fsp3) is 0.250. The first-order valence-electron chi connectivity index (χ1n) is 3.99. The Hall–Kier alpha value is -0.620. The molecule has 0 aliphatic carbocycles. The fourth-order valence-corrected chi connectivity index (χ4v) is 2.32. The Morgan fingerprint density at radius 2 is 2.00 bits per heavy atom. The van der Waals surface area contributed by atoms with E-state index in [1.54, 1.807) is 24.3 Å². The van der Waals surface area contributed by atoms with Crippen LogP contribution in [-0.2, 0) is 14.5 Å². The maximum atomic E-state index is 10.9. The Labute approximate surface area is 87.1 Å². The number of hydrogen-bond donors (Lipinski definition) is 1. The summed E-state index contributed by atoms with van der Waals surface area (Å²) in [6, 6.07) is 6.65. The molecule has 1 aliphatic rings. The highest BCUT2D eigenvalue weighted by Gasteiger charge is 2.28. The van der Waals surface area contributed by atoms with E-state index in [0.29, 0.717) is 5.02 Å². The summed E-state index contributed by atoms with van der Waals surface area (Å²) in [5.74, 6) is 0. The van der Waals surface area contributed by atoms with Crippen LogP contribution >= 0.6 is 11.6 Å². The topological polar surface area (TPSA) is 55.4 Å². The molecule has 1 aromatic rings. The molecule has 14 heavy (non-hydrogen) atoms. The lowest BCUT2D eigenvalue weighted by atomic mass is 10.1. The molecule has 0 amide bonds. The lowest BCUT2D eigenvalue weighted by Gasteiger charge is -2.06. The van der Waals surface area contributed by atoms with Gasteiger partial charge in [0, 0.05) is 5.02 Å². The molecule has 1 heterocycles. The minimum absolute atomic E-state index is 0.129. The first-order valence-corrected chi connectivity index (χ1v) is 5.77. The zero-order valence-electron chi connectivity index (χ0n) is 7.10. The van der Waals surface area contributed by atoms with Crippen molar-refractivity contribution in [3.05, 3.63) is 34.9 Å². The molecule has 1 aromatic carbocycles. The molecule has 0 aromatic heterocycles. The van der Waals surface area contributed by atoms with E-state index in [0.717, 1.165) is 5.56 Å². The van der Waals surface area contributed by atoms with E-state index in [1.807, 2.05) is 0 Å². The first-order chi connectivity index (χ1) is 6.57. The minimum atomic E-state index is -3.54. The van der Waals surface area contributed by atoms with Crippen LogP contribution in [-0.4, -0.2) is 15.0 Å². The average molecular weight is 234 g/mol. The van der Waals surface area contributed by atoms with E-state index < -0.39 is 10.3 Å². The normalized spacial score (nSPS) is 25.1. The van der Waals surface area contributed by atoms with Gasteiger partial charge in [-0.15, -0.1) is 0 Å². The zero-order chi connectivity index (χ0) is 10.2. The van der Waals surface area contributed by atoms with Crippen molar-refractivity contribution in [2.75, 3.05) is 6.61 Å². The summed E-state index contributed by atoms with van der Waals surface area (Å²) in [6.45, 7) is 0.129. The summed E-state index contributed by atoms with van der Waals surface area (Å²) >= 11 is 5.70. The van der Waals surface area contributed by atoms with Crippen molar-refractivity contribution < 1.29 is 12.6 Å². The van der Waals surface area contributed by atoms with Crippen LogP contribution < -0.4 is 4.72 Å². The molecule has 1 aliphatic heterocycles. The minimum Gasteiger partial charge on any atom is -0.256 e. The van der Waals surface area contributed by atoms with E-state index in [4.69, 9.17) is 11.6 Å². The van der Waals surface area contributed by atoms with Gasteiger partial charge < -0.3 is 0 Å². The second-order valence-corrected chi connectivity index (χ2v) is 4.78. The Balaban J connectivity index is 2.22. The molecule has 2 rings (SSSR count). The molecule has 1 atom stereocenters. The molecule has 0 radical (unpaired) electrons. The van der Waals surface area contributed by atoms with Gasteiger partial charge in [-0.1, -0.05) is 23.7 Å². The summed E-state index contributed by atoms with van der Waals surface area (Å²) in [5.41, 5.74) is 0.843. The second-order valence-electron chi connectivity index (χ2n) is 2.96. The second kappa shape index (κ2) is 3.51. The average Bonchev–Trinajstić information content (AvgIpc) is 2.47. The highest BCUT2D eigenvalue weighted by Crippen LogP contribution is 2.22. The third-order valence-electron chi connectivity index (χ3n) is 1.95. The van der Waals surface area contributed by atoms with Crippen LogP contribution in [0.15, 0.2) is 24.3 Å². The highest BCUT2D eigenvalue weighted by molar-refractivity contribution is 7.84. The molecular formula is C8H8ClNO3S. The third-order valence-corrected chi connectivity index (χ3v) is 3.22. The van der Waals surface area contributed by atoms with Crippen molar-refractivity contribution in [1.82, 2.24) is 4.72 Å². The van der Waals surface area contributed by atoms with Gasteiger partial charge in [-0.3, -0.25) is 4.18 Å². The van der Waals surface area contributed by atoms with Crippen LogP contribution in [0.25, 0.3) is 0 Å². The number of nitrogens with one attached hydrogen (secondary N) is 1. The number of benzene rings is 1. The van der Waals surface area contributed by atoms with Crippen molar-refractivity contribution >= 4 is 21.9 Å². The predicted molar refractivity (Wildman–Crippen MR) is 52.2 cm³/mol. The summed E-state index contributed by atoms with van der Waals surface area (Å²) in [6.07, 6.45) is 0. The molecule has 0 bridgehead atoms. The predicted octanol–water partition coefficient (Wildman–Crippen LogP) is 1.25. The van der Waals surface area contributed by atoms with Gasteiger partial charge in [-0.25, -0.2) is 0 Å². The maximum Gasteiger partial charge on any atom is 0.336 e. The Morgan fingerprint density at radius 1 is 1.36 bits per heavy atom. The van der Waals surface area contributed by atoms with Crippen molar-refractivity contribution in [2.45, 2.75) is 6.04 Å². The van der Waals surface area contributed by atoms with Gasteiger partial charge in [-0.05, 0) is 17.7 Å². The maximum absolute atomic E-state index is 10.9. The number of hydrogen-bond acceptors (Lipinski definition) is 3. The Bertz CT molecular complexity index is 428. The van der Waals surface area contributed by atoms with Crippen LogP contribution in [0.5, 0.6) is 0 Å². The molecular weight excluding hydrogens is 226 g/mol. The number of halogens is 1. The van der Waals surface area contributed by atoms with Crippen LogP contribution in [0, 0.1) is 0 Å². The van der Waals surface area contributed by atoms with E-state index >= 15 is 0 Å². The van der Waals surface area contributed by atoms with E-state index in [-0.39, 0.29) is 12.6 Å².